The lowest BCUT2D eigenvalue weighted by Crippen LogP contribution is -2.40. The fraction of sp³-hybridized carbons (Fsp3) is 0.375. The minimum absolute atomic E-state index is 0.00292. The van der Waals surface area contributed by atoms with Gasteiger partial charge in [0.15, 0.2) is 0 Å². The van der Waals surface area contributed by atoms with Gasteiger partial charge in [0.25, 0.3) is 5.69 Å². The Kier molecular flexibility index (Phi) is 5.18. The summed E-state index contributed by atoms with van der Waals surface area (Å²) in [5, 5.41) is 20.3. The lowest BCUT2D eigenvalue weighted by Gasteiger charge is -2.26. The molecule has 1 heterocycles. The van der Waals surface area contributed by atoms with Crippen molar-refractivity contribution in [1.29, 1.82) is 0 Å². The number of carboxylic acids is 1. The molecule has 8 nitrogen and oxygen atoms in total. The summed E-state index contributed by atoms with van der Waals surface area (Å²) >= 11 is 0. The third-order valence-electron chi connectivity index (χ3n) is 3.78. The monoisotopic (exact) mass is 333 g/mol. The van der Waals surface area contributed by atoms with Crippen molar-refractivity contribution >= 4 is 28.5 Å². The summed E-state index contributed by atoms with van der Waals surface area (Å²) in [6.07, 6.45) is 1.59. The van der Waals surface area contributed by atoms with Crippen LogP contribution in [0, 0.1) is 10.1 Å². The molecule has 0 aliphatic heterocycles. The summed E-state index contributed by atoms with van der Waals surface area (Å²) in [6, 6.07) is 6.07. The summed E-state index contributed by atoms with van der Waals surface area (Å²) in [5.74, 6) is -1.14. The van der Waals surface area contributed by atoms with Crippen molar-refractivity contribution in [2.75, 3.05) is 6.54 Å². The van der Waals surface area contributed by atoms with Gasteiger partial charge in [-0.3, -0.25) is 19.7 Å². The SMILES string of the molecule is CC(C)N(CCC(=O)O)C(=O)Cn1ccc2cc([N+](=O)[O-])ccc21. The van der Waals surface area contributed by atoms with E-state index in [4.69, 9.17) is 5.11 Å². The molecule has 1 aromatic heterocycles. The van der Waals surface area contributed by atoms with Crippen LogP contribution in [0.1, 0.15) is 20.3 Å². The molecule has 0 saturated heterocycles. The van der Waals surface area contributed by atoms with Gasteiger partial charge in [0, 0.05) is 41.8 Å². The number of hydrogen-bond acceptors (Lipinski definition) is 4. The molecule has 0 spiro atoms. The van der Waals surface area contributed by atoms with Crippen molar-refractivity contribution in [2.24, 2.45) is 0 Å². The first-order valence-corrected chi connectivity index (χ1v) is 7.54. The van der Waals surface area contributed by atoms with E-state index in [1.165, 1.54) is 17.0 Å². The first-order chi connectivity index (χ1) is 11.3. The highest BCUT2D eigenvalue weighted by molar-refractivity contribution is 5.85. The number of amides is 1. The Labute approximate surface area is 138 Å². The number of hydrogen-bond donors (Lipinski definition) is 1. The van der Waals surface area contributed by atoms with Crippen LogP contribution in [0.25, 0.3) is 10.9 Å². The summed E-state index contributed by atoms with van der Waals surface area (Å²) < 4.78 is 1.71. The second-order valence-corrected chi connectivity index (χ2v) is 5.77. The fourth-order valence-electron chi connectivity index (χ4n) is 2.56. The second-order valence-electron chi connectivity index (χ2n) is 5.77. The predicted molar refractivity (Wildman–Crippen MR) is 87.7 cm³/mol. The topological polar surface area (TPSA) is 106 Å². The highest BCUT2D eigenvalue weighted by atomic mass is 16.6. The Morgan fingerprint density at radius 2 is 2.04 bits per heavy atom. The number of aliphatic carboxylic acids is 1. The zero-order chi connectivity index (χ0) is 17.9. The molecular formula is C16H19N3O5. The minimum atomic E-state index is -0.952. The lowest BCUT2D eigenvalue weighted by atomic mass is 10.2. The first-order valence-electron chi connectivity index (χ1n) is 7.54. The Balaban J connectivity index is 2.19. The van der Waals surface area contributed by atoms with E-state index in [2.05, 4.69) is 0 Å². The highest BCUT2D eigenvalue weighted by Crippen LogP contribution is 2.22. The van der Waals surface area contributed by atoms with Crippen LogP contribution in [-0.4, -0.2) is 44.0 Å². The van der Waals surface area contributed by atoms with Gasteiger partial charge >= 0.3 is 5.97 Å². The molecule has 0 aliphatic rings. The third-order valence-corrected chi connectivity index (χ3v) is 3.78. The van der Waals surface area contributed by atoms with Crippen LogP contribution in [0.15, 0.2) is 30.5 Å². The first kappa shape index (κ1) is 17.5. The van der Waals surface area contributed by atoms with Gasteiger partial charge in [-0.2, -0.15) is 0 Å². The zero-order valence-corrected chi connectivity index (χ0v) is 13.5. The Hall–Kier alpha value is -2.90. The number of carbonyl (C=O) groups excluding carboxylic acids is 1. The van der Waals surface area contributed by atoms with E-state index >= 15 is 0 Å². The number of nitro benzene ring substituents is 1. The van der Waals surface area contributed by atoms with E-state index < -0.39 is 10.9 Å². The summed E-state index contributed by atoms with van der Waals surface area (Å²) in [6.45, 7) is 3.86. The molecule has 1 aromatic carbocycles. The van der Waals surface area contributed by atoms with Crippen molar-refractivity contribution in [3.63, 3.8) is 0 Å². The number of non-ortho nitro benzene ring substituents is 1. The maximum absolute atomic E-state index is 12.5. The Bertz CT molecular complexity index is 781. The largest absolute Gasteiger partial charge is 0.481 e. The van der Waals surface area contributed by atoms with Gasteiger partial charge in [0.2, 0.25) is 5.91 Å². The molecule has 0 radical (unpaired) electrons. The van der Waals surface area contributed by atoms with Crippen molar-refractivity contribution < 1.29 is 19.6 Å². The van der Waals surface area contributed by atoms with E-state index in [-0.39, 0.29) is 37.1 Å². The van der Waals surface area contributed by atoms with E-state index in [9.17, 15) is 19.7 Å². The zero-order valence-electron chi connectivity index (χ0n) is 13.5. The Morgan fingerprint density at radius 3 is 2.62 bits per heavy atom. The molecule has 128 valence electrons. The van der Waals surface area contributed by atoms with Gasteiger partial charge in [-0.15, -0.1) is 0 Å². The van der Waals surface area contributed by atoms with Gasteiger partial charge in [-0.1, -0.05) is 0 Å². The standard InChI is InChI=1S/C16H19N3O5/c1-11(2)18(8-6-16(21)22)15(20)10-17-7-5-12-9-13(19(23)24)3-4-14(12)17/h3-5,7,9,11H,6,8,10H2,1-2H3,(H,21,22). The molecule has 0 bridgehead atoms. The summed E-state index contributed by atoms with van der Waals surface area (Å²) in [7, 11) is 0. The van der Waals surface area contributed by atoms with Gasteiger partial charge in [0.05, 0.1) is 11.3 Å². The van der Waals surface area contributed by atoms with Crippen molar-refractivity contribution in [3.05, 3.63) is 40.6 Å². The number of nitro groups is 1. The number of carboxylic acid groups (broad SMARTS) is 1. The molecule has 0 fully saturated rings. The van der Waals surface area contributed by atoms with E-state index in [1.807, 2.05) is 13.8 Å². The molecule has 2 aromatic rings. The van der Waals surface area contributed by atoms with Crippen molar-refractivity contribution in [3.8, 4) is 0 Å². The quantitative estimate of drug-likeness (QED) is 0.618. The fourth-order valence-corrected chi connectivity index (χ4v) is 2.56. The number of aromatic nitrogens is 1. The average molecular weight is 333 g/mol. The normalized spacial score (nSPS) is 11.0. The molecule has 0 atom stereocenters. The van der Waals surface area contributed by atoms with Crippen molar-refractivity contribution in [2.45, 2.75) is 32.9 Å². The van der Waals surface area contributed by atoms with Crippen LogP contribution in [0.5, 0.6) is 0 Å². The van der Waals surface area contributed by atoms with Gasteiger partial charge in [-0.05, 0) is 26.0 Å². The average Bonchev–Trinajstić information content (AvgIpc) is 2.89. The van der Waals surface area contributed by atoms with Gasteiger partial charge < -0.3 is 14.6 Å². The number of carbonyl (C=O) groups is 2. The van der Waals surface area contributed by atoms with Crippen LogP contribution in [0.2, 0.25) is 0 Å². The van der Waals surface area contributed by atoms with Crippen molar-refractivity contribution in [1.82, 2.24) is 9.47 Å². The van der Waals surface area contributed by atoms with Crippen LogP contribution in [0.3, 0.4) is 0 Å². The van der Waals surface area contributed by atoms with Crippen LogP contribution in [-0.2, 0) is 16.1 Å². The molecule has 1 amide bonds. The van der Waals surface area contributed by atoms with E-state index in [0.29, 0.717) is 5.39 Å². The molecule has 0 saturated carbocycles. The number of benzene rings is 1. The van der Waals surface area contributed by atoms with E-state index in [0.717, 1.165) is 5.52 Å². The molecular weight excluding hydrogens is 314 g/mol. The summed E-state index contributed by atoms with van der Waals surface area (Å²) in [4.78, 5) is 35.1. The third kappa shape index (κ3) is 3.89. The van der Waals surface area contributed by atoms with Gasteiger partial charge in [-0.25, -0.2) is 0 Å². The number of nitrogens with zero attached hydrogens (tertiary/aromatic N) is 3. The predicted octanol–water partition coefficient (Wildman–Crippen LogP) is 2.26. The molecule has 8 heteroatoms. The maximum Gasteiger partial charge on any atom is 0.305 e. The highest BCUT2D eigenvalue weighted by Gasteiger charge is 2.19. The summed E-state index contributed by atoms with van der Waals surface area (Å²) in [5.41, 5.74) is 0.715. The van der Waals surface area contributed by atoms with Crippen LogP contribution in [0.4, 0.5) is 5.69 Å². The molecule has 24 heavy (non-hydrogen) atoms. The van der Waals surface area contributed by atoms with E-state index in [1.54, 1.807) is 22.9 Å². The molecule has 2 rings (SSSR count). The molecule has 1 N–H and O–H groups in total. The minimum Gasteiger partial charge on any atom is -0.481 e. The van der Waals surface area contributed by atoms with Gasteiger partial charge in [0.1, 0.15) is 6.54 Å². The smallest absolute Gasteiger partial charge is 0.305 e. The number of rotatable bonds is 7. The van der Waals surface area contributed by atoms with Crippen LogP contribution >= 0.6 is 0 Å². The second kappa shape index (κ2) is 7.12. The molecule has 0 aliphatic carbocycles. The Morgan fingerprint density at radius 1 is 1.33 bits per heavy atom. The number of fused-ring (bicyclic) bond motifs is 1. The maximum atomic E-state index is 12.5. The molecule has 0 unspecified atom stereocenters. The lowest BCUT2D eigenvalue weighted by molar-refractivity contribution is -0.384. The van der Waals surface area contributed by atoms with Crippen LogP contribution < -0.4 is 0 Å².